The average molecular weight is 305 g/mol. The SMILES string of the molecule is CN1N(N)C(C2CC2)=C(N)C(C(C)(C)C)N1S(=O)(=O)O. The van der Waals surface area contributed by atoms with E-state index in [-0.39, 0.29) is 5.92 Å². The van der Waals surface area contributed by atoms with Crippen LogP contribution in [0.15, 0.2) is 11.4 Å². The Kier molecular flexibility index (Phi) is 3.54. The maximum Gasteiger partial charge on any atom is 0.351 e. The van der Waals surface area contributed by atoms with Crippen LogP contribution in [0.3, 0.4) is 0 Å². The van der Waals surface area contributed by atoms with Crippen LogP contribution < -0.4 is 11.6 Å². The molecule has 1 fully saturated rings. The van der Waals surface area contributed by atoms with Crippen LogP contribution in [0.2, 0.25) is 0 Å². The highest BCUT2D eigenvalue weighted by Crippen LogP contribution is 2.44. The van der Waals surface area contributed by atoms with Gasteiger partial charge in [-0.2, -0.15) is 8.42 Å². The number of hydrazine groups is 3. The predicted octanol–water partition coefficient (Wildman–Crippen LogP) is 0.0373. The van der Waals surface area contributed by atoms with Gasteiger partial charge >= 0.3 is 10.3 Å². The van der Waals surface area contributed by atoms with E-state index in [0.29, 0.717) is 5.70 Å². The normalized spacial score (nSPS) is 27.3. The van der Waals surface area contributed by atoms with Gasteiger partial charge in [0.2, 0.25) is 0 Å². The van der Waals surface area contributed by atoms with Crippen LogP contribution in [-0.2, 0) is 10.3 Å². The Hall–Kier alpha value is -0.870. The zero-order valence-corrected chi connectivity index (χ0v) is 13.1. The summed E-state index contributed by atoms with van der Waals surface area (Å²) in [6.45, 7) is 5.60. The van der Waals surface area contributed by atoms with Crippen LogP contribution in [0.4, 0.5) is 0 Å². The highest BCUT2D eigenvalue weighted by molar-refractivity contribution is 7.83. The van der Waals surface area contributed by atoms with E-state index >= 15 is 0 Å². The lowest BCUT2D eigenvalue weighted by molar-refractivity contribution is -0.149. The van der Waals surface area contributed by atoms with Crippen LogP contribution in [0.5, 0.6) is 0 Å². The topological polar surface area (TPSA) is 116 Å². The molecule has 0 aromatic heterocycles. The first-order valence-electron chi connectivity index (χ1n) is 6.51. The zero-order chi connectivity index (χ0) is 15.5. The molecule has 116 valence electrons. The van der Waals surface area contributed by atoms with Gasteiger partial charge in [-0.3, -0.25) is 4.55 Å². The smallest absolute Gasteiger partial charge is 0.351 e. The molecule has 0 bridgehead atoms. The average Bonchev–Trinajstić information content (AvgIpc) is 3.03. The molecule has 1 aliphatic heterocycles. The fourth-order valence-corrected chi connectivity index (χ4v) is 3.74. The third kappa shape index (κ3) is 2.51. The summed E-state index contributed by atoms with van der Waals surface area (Å²) >= 11 is 0. The van der Waals surface area contributed by atoms with Crippen molar-refractivity contribution in [2.45, 2.75) is 39.7 Å². The van der Waals surface area contributed by atoms with Gasteiger partial charge in [0, 0.05) is 13.0 Å². The van der Waals surface area contributed by atoms with Crippen LogP contribution in [0, 0.1) is 11.3 Å². The van der Waals surface area contributed by atoms with E-state index in [2.05, 4.69) is 0 Å². The Morgan fingerprint density at radius 2 is 1.80 bits per heavy atom. The summed E-state index contributed by atoms with van der Waals surface area (Å²) in [5.41, 5.74) is 6.86. The lowest BCUT2D eigenvalue weighted by Crippen LogP contribution is -2.66. The molecule has 1 aliphatic carbocycles. The summed E-state index contributed by atoms with van der Waals surface area (Å²) in [4.78, 5) is 0. The van der Waals surface area contributed by atoms with Crippen molar-refractivity contribution in [2.75, 3.05) is 7.05 Å². The Balaban J connectivity index is 2.60. The van der Waals surface area contributed by atoms with Crippen molar-refractivity contribution in [1.29, 1.82) is 0 Å². The number of allylic oxidation sites excluding steroid dienone is 1. The van der Waals surface area contributed by atoms with E-state index in [0.717, 1.165) is 23.0 Å². The fraction of sp³-hybridized carbons (Fsp3) is 0.818. The second kappa shape index (κ2) is 4.57. The molecule has 9 heteroatoms. The van der Waals surface area contributed by atoms with Crippen LogP contribution in [-0.4, -0.2) is 40.7 Å². The first-order chi connectivity index (χ1) is 8.96. The first kappa shape index (κ1) is 15.5. The number of rotatable bonds is 2. The largest absolute Gasteiger partial charge is 0.399 e. The summed E-state index contributed by atoms with van der Waals surface area (Å²) in [6, 6.07) is -0.683. The highest BCUT2D eigenvalue weighted by Gasteiger charge is 2.49. The molecule has 8 nitrogen and oxygen atoms in total. The molecule has 0 radical (unpaired) electrons. The summed E-state index contributed by atoms with van der Waals surface area (Å²) in [5.74, 6) is 6.21. The van der Waals surface area contributed by atoms with E-state index in [1.54, 1.807) is 0 Å². The van der Waals surface area contributed by atoms with E-state index in [1.165, 1.54) is 17.3 Å². The van der Waals surface area contributed by atoms with Crippen molar-refractivity contribution in [2.24, 2.45) is 22.9 Å². The third-order valence-corrected chi connectivity index (χ3v) is 4.60. The van der Waals surface area contributed by atoms with Crippen molar-refractivity contribution < 1.29 is 13.0 Å². The minimum absolute atomic E-state index is 0.260. The maximum absolute atomic E-state index is 11.7. The monoisotopic (exact) mass is 305 g/mol. The minimum atomic E-state index is -4.48. The number of hydrogen-bond acceptors (Lipinski definition) is 6. The van der Waals surface area contributed by atoms with Gasteiger partial charge in [-0.1, -0.05) is 25.2 Å². The summed E-state index contributed by atoms with van der Waals surface area (Å²) in [7, 11) is -2.99. The predicted molar refractivity (Wildman–Crippen MR) is 74.4 cm³/mol. The van der Waals surface area contributed by atoms with Gasteiger partial charge < -0.3 is 5.73 Å². The van der Waals surface area contributed by atoms with Crippen LogP contribution in [0.1, 0.15) is 33.6 Å². The van der Waals surface area contributed by atoms with Gasteiger partial charge in [0.15, 0.2) is 0 Å². The van der Waals surface area contributed by atoms with Gasteiger partial charge in [-0.15, -0.1) is 5.12 Å². The van der Waals surface area contributed by atoms with Crippen molar-refractivity contribution in [3.8, 4) is 0 Å². The van der Waals surface area contributed by atoms with Crippen molar-refractivity contribution in [3.05, 3.63) is 11.4 Å². The summed E-state index contributed by atoms with van der Waals surface area (Å²) in [6.07, 6.45) is 1.97. The zero-order valence-electron chi connectivity index (χ0n) is 12.2. The number of nitrogens with zero attached hydrogens (tertiary/aromatic N) is 3. The minimum Gasteiger partial charge on any atom is -0.399 e. The molecule has 0 aromatic carbocycles. The molecule has 20 heavy (non-hydrogen) atoms. The molecule has 0 aromatic rings. The standard InChI is InChI=1S/C11H23N5O3S/c1-11(2,3)10-8(12)9(7-5-6-7)15(13)14(4)16(10)20(17,18)19/h7,10H,5-6,12-13H2,1-4H3,(H,17,18,19). The second-order valence-electron chi connectivity index (χ2n) is 6.47. The van der Waals surface area contributed by atoms with Gasteiger partial charge in [0.1, 0.15) is 0 Å². The molecule has 5 N–H and O–H groups in total. The molecule has 0 amide bonds. The third-order valence-electron chi connectivity index (χ3n) is 3.68. The maximum atomic E-state index is 11.7. The molecule has 1 heterocycles. The van der Waals surface area contributed by atoms with Crippen LogP contribution in [0.25, 0.3) is 0 Å². The lowest BCUT2D eigenvalue weighted by atomic mass is 9.84. The van der Waals surface area contributed by atoms with Crippen molar-refractivity contribution in [1.82, 2.24) is 14.7 Å². The van der Waals surface area contributed by atoms with E-state index < -0.39 is 21.8 Å². The molecule has 1 unspecified atom stereocenters. The molecule has 2 rings (SSSR count). The molecule has 0 saturated heterocycles. The number of hydrogen-bond donors (Lipinski definition) is 3. The molecular weight excluding hydrogens is 282 g/mol. The summed E-state index contributed by atoms with van der Waals surface area (Å²) in [5, 5.41) is 2.41. The summed E-state index contributed by atoms with van der Waals surface area (Å²) < 4.78 is 33.8. The van der Waals surface area contributed by atoms with Gasteiger partial charge in [-0.05, 0) is 18.3 Å². The Morgan fingerprint density at radius 3 is 2.15 bits per heavy atom. The Bertz CT molecular complexity index is 535. The lowest BCUT2D eigenvalue weighted by Gasteiger charge is -2.49. The second-order valence-corrected chi connectivity index (χ2v) is 7.74. The fourth-order valence-electron chi connectivity index (χ4n) is 2.67. The van der Waals surface area contributed by atoms with Crippen LogP contribution >= 0.6 is 0 Å². The highest BCUT2D eigenvalue weighted by atomic mass is 32.2. The van der Waals surface area contributed by atoms with Gasteiger partial charge in [0.25, 0.3) is 0 Å². The Morgan fingerprint density at radius 1 is 1.30 bits per heavy atom. The van der Waals surface area contributed by atoms with E-state index in [4.69, 9.17) is 11.6 Å². The Labute approximate surface area is 119 Å². The van der Waals surface area contributed by atoms with Crippen molar-refractivity contribution in [3.63, 3.8) is 0 Å². The molecule has 1 atom stereocenters. The first-order valence-corrected chi connectivity index (χ1v) is 7.90. The molecule has 0 spiro atoms. The van der Waals surface area contributed by atoms with E-state index in [9.17, 15) is 13.0 Å². The molecule has 2 aliphatic rings. The van der Waals surface area contributed by atoms with E-state index in [1.807, 2.05) is 20.8 Å². The van der Waals surface area contributed by atoms with Gasteiger partial charge in [-0.25, -0.2) is 11.0 Å². The van der Waals surface area contributed by atoms with Crippen molar-refractivity contribution >= 4 is 10.3 Å². The number of nitrogens with two attached hydrogens (primary N) is 2. The molecular formula is C11H23N5O3S. The quantitative estimate of drug-likeness (QED) is 0.487. The van der Waals surface area contributed by atoms with Gasteiger partial charge in [0.05, 0.1) is 17.4 Å². The molecule has 1 saturated carbocycles.